The van der Waals surface area contributed by atoms with Crippen LogP contribution in [0.25, 0.3) is 0 Å². The van der Waals surface area contributed by atoms with Crippen molar-refractivity contribution in [3.8, 4) is 0 Å². The number of hydrogen-bond acceptors (Lipinski definition) is 3. The van der Waals surface area contributed by atoms with Crippen LogP contribution in [0.4, 0.5) is 0 Å². The molecular formula is C14H25NO4. The van der Waals surface area contributed by atoms with Crippen LogP contribution < -0.4 is 0 Å². The van der Waals surface area contributed by atoms with E-state index < -0.39 is 11.9 Å². The fraction of sp³-hybridized carbons (Fsp3) is 0.857. The van der Waals surface area contributed by atoms with Crippen molar-refractivity contribution in [2.75, 3.05) is 13.2 Å². The van der Waals surface area contributed by atoms with E-state index in [1.165, 1.54) is 12.8 Å². The molecule has 0 bridgehead atoms. The first-order chi connectivity index (χ1) is 9.17. The van der Waals surface area contributed by atoms with Crippen LogP contribution in [0.3, 0.4) is 0 Å². The van der Waals surface area contributed by atoms with E-state index in [1.54, 1.807) is 0 Å². The van der Waals surface area contributed by atoms with Gasteiger partial charge in [0.2, 0.25) is 6.41 Å². The van der Waals surface area contributed by atoms with Gasteiger partial charge < -0.3 is 5.11 Å². The van der Waals surface area contributed by atoms with Gasteiger partial charge in [-0.3, -0.25) is 14.4 Å². The van der Waals surface area contributed by atoms with Crippen LogP contribution >= 0.6 is 0 Å². The third-order valence-electron chi connectivity index (χ3n) is 3.71. The van der Waals surface area contributed by atoms with Gasteiger partial charge in [-0.1, -0.05) is 39.0 Å². The molecule has 0 radical (unpaired) electrons. The summed E-state index contributed by atoms with van der Waals surface area (Å²) in [6, 6.07) is 0. The largest absolute Gasteiger partial charge is 0.481 e. The van der Waals surface area contributed by atoms with Gasteiger partial charge in [0.25, 0.3) is 0 Å². The summed E-state index contributed by atoms with van der Waals surface area (Å²) in [5.74, 6) is -0.863. The lowest BCUT2D eigenvalue weighted by molar-refractivity contribution is -0.180. The number of hydroxylamine groups is 2. The SMILES string of the molecule is CCCCON(C=O)C[C@@H](CC1CCCC1)C(=O)O. The Morgan fingerprint density at radius 2 is 2.16 bits per heavy atom. The van der Waals surface area contributed by atoms with Gasteiger partial charge in [0.1, 0.15) is 0 Å². The highest BCUT2D eigenvalue weighted by Gasteiger charge is 2.26. The van der Waals surface area contributed by atoms with Gasteiger partial charge in [-0.25, -0.2) is 5.06 Å². The fourth-order valence-corrected chi connectivity index (χ4v) is 2.57. The molecule has 0 spiro atoms. The van der Waals surface area contributed by atoms with E-state index in [0.717, 1.165) is 30.7 Å². The second-order valence-corrected chi connectivity index (χ2v) is 5.31. The molecule has 0 unspecified atom stereocenters. The summed E-state index contributed by atoms with van der Waals surface area (Å²) >= 11 is 0. The van der Waals surface area contributed by atoms with E-state index >= 15 is 0 Å². The third kappa shape index (κ3) is 6.05. The highest BCUT2D eigenvalue weighted by molar-refractivity contribution is 5.70. The van der Waals surface area contributed by atoms with Crippen LogP contribution in [0.15, 0.2) is 0 Å². The smallest absolute Gasteiger partial charge is 0.308 e. The van der Waals surface area contributed by atoms with E-state index in [1.807, 2.05) is 6.92 Å². The Labute approximate surface area is 114 Å². The number of nitrogens with zero attached hydrogens (tertiary/aromatic N) is 1. The van der Waals surface area contributed by atoms with Crippen molar-refractivity contribution in [3.63, 3.8) is 0 Å². The number of rotatable bonds is 10. The molecule has 1 aliphatic rings. The molecule has 1 aliphatic carbocycles. The molecule has 0 aromatic rings. The number of carboxylic acids is 1. The van der Waals surface area contributed by atoms with Crippen LogP contribution in [-0.2, 0) is 14.4 Å². The highest BCUT2D eigenvalue weighted by atomic mass is 16.7. The lowest BCUT2D eigenvalue weighted by atomic mass is 9.93. The summed E-state index contributed by atoms with van der Waals surface area (Å²) in [4.78, 5) is 27.5. The number of carbonyl (C=O) groups excluding carboxylic acids is 1. The average molecular weight is 271 g/mol. The maximum absolute atomic E-state index is 11.3. The summed E-state index contributed by atoms with van der Waals surface area (Å²) in [6.45, 7) is 2.65. The normalized spacial score (nSPS) is 17.3. The summed E-state index contributed by atoms with van der Waals surface area (Å²) in [5.41, 5.74) is 0. The Morgan fingerprint density at radius 1 is 1.47 bits per heavy atom. The van der Waals surface area contributed by atoms with Crippen LogP contribution in [-0.4, -0.2) is 35.7 Å². The molecule has 0 aromatic carbocycles. The zero-order valence-corrected chi connectivity index (χ0v) is 11.7. The van der Waals surface area contributed by atoms with Gasteiger partial charge in [0, 0.05) is 0 Å². The predicted molar refractivity (Wildman–Crippen MR) is 71.3 cm³/mol. The first kappa shape index (κ1) is 16.0. The highest BCUT2D eigenvalue weighted by Crippen LogP contribution is 2.30. The van der Waals surface area contributed by atoms with Crippen molar-refractivity contribution >= 4 is 12.4 Å². The molecule has 1 amide bonds. The molecule has 1 fully saturated rings. The molecule has 0 saturated heterocycles. The van der Waals surface area contributed by atoms with E-state index in [0.29, 0.717) is 25.4 Å². The summed E-state index contributed by atoms with van der Waals surface area (Å²) in [7, 11) is 0. The fourth-order valence-electron chi connectivity index (χ4n) is 2.57. The molecule has 1 N–H and O–H groups in total. The minimum absolute atomic E-state index is 0.152. The number of hydrogen-bond donors (Lipinski definition) is 1. The van der Waals surface area contributed by atoms with Crippen molar-refractivity contribution in [2.45, 2.75) is 51.9 Å². The Hall–Kier alpha value is -1.10. The van der Waals surface area contributed by atoms with Crippen LogP contribution in [0.1, 0.15) is 51.9 Å². The molecule has 1 saturated carbocycles. The number of carboxylic acid groups (broad SMARTS) is 1. The maximum atomic E-state index is 11.3. The Kier molecular flexibility index (Phi) is 7.48. The summed E-state index contributed by atoms with van der Waals surface area (Å²) in [6.07, 6.45) is 7.70. The molecular weight excluding hydrogens is 246 g/mol. The molecule has 110 valence electrons. The lowest BCUT2D eigenvalue weighted by Gasteiger charge is -2.23. The van der Waals surface area contributed by atoms with Crippen molar-refractivity contribution in [1.82, 2.24) is 5.06 Å². The Bertz CT molecular complexity index is 277. The van der Waals surface area contributed by atoms with Gasteiger partial charge in [-0.15, -0.1) is 0 Å². The quantitative estimate of drug-likeness (QED) is 0.376. The minimum Gasteiger partial charge on any atom is -0.481 e. The molecule has 0 aromatic heterocycles. The first-order valence-corrected chi connectivity index (χ1v) is 7.25. The molecule has 0 heterocycles. The molecule has 1 rings (SSSR count). The van der Waals surface area contributed by atoms with Gasteiger partial charge in [-0.2, -0.15) is 0 Å². The monoisotopic (exact) mass is 271 g/mol. The van der Waals surface area contributed by atoms with Crippen molar-refractivity contribution in [1.29, 1.82) is 0 Å². The zero-order chi connectivity index (χ0) is 14.1. The summed E-state index contributed by atoms with van der Waals surface area (Å²) in [5, 5.41) is 10.4. The standard InChI is InChI=1S/C14H25NO4/c1-2-3-8-19-15(11-16)10-13(14(17)18)9-12-6-4-5-7-12/h11-13H,2-10H2,1H3,(H,17,18)/t13-/m1/s1. The second-order valence-electron chi connectivity index (χ2n) is 5.31. The Morgan fingerprint density at radius 3 is 2.68 bits per heavy atom. The lowest BCUT2D eigenvalue weighted by Crippen LogP contribution is -2.33. The van der Waals surface area contributed by atoms with E-state index in [-0.39, 0.29) is 6.54 Å². The van der Waals surface area contributed by atoms with E-state index in [2.05, 4.69) is 0 Å². The summed E-state index contributed by atoms with van der Waals surface area (Å²) < 4.78 is 0. The van der Waals surface area contributed by atoms with Gasteiger partial charge in [0.05, 0.1) is 19.1 Å². The molecule has 0 aliphatic heterocycles. The predicted octanol–water partition coefficient (Wildman–Crippen LogP) is 2.46. The molecule has 1 atom stereocenters. The van der Waals surface area contributed by atoms with Crippen LogP contribution in [0.5, 0.6) is 0 Å². The van der Waals surface area contributed by atoms with Gasteiger partial charge in [-0.05, 0) is 18.8 Å². The van der Waals surface area contributed by atoms with Gasteiger partial charge in [0.15, 0.2) is 0 Å². The zero-order valence-electron chi connectivity index (χ0n) is 11.7. The number of aliphatic carboxylic acids is 1. The number of carbonyl (C=O) groups is 2. The number of unbranched alkanes of at least 4 members (excludes halogenated alkanes) is 1. The van der Waals surface area contributed by atoms with Crippen molar-refractivity contribution in [3.05, 3.63) is 0 Å². The molecule has 5 heteroatoms. The average Bonchev–Trinajstić information content (AvgIpc) is 2.89. The second kappa shape index (κ2) is 8.91. The van der Waals surface area contributed by atoms with Crippen LogP contribution in [0.2, 0.25) is 0 Å². The molecule has 5 nitrogen and oxygen atoms in total. The van der Waals surface area contributed by atoms with E-state index in [9.17, 15) is 14.7 Å². The van der Waals surface area contributed by atoms with E-state index in [4.69, 9.17) is 4.84 Å². The topological polar surface area (TPSA) is 66.8 Å². The van der Waals surface area contributed by atoms with Crippen LogP contribution in [0, 0.1) is 11.8 Å². The Balaban J connectivity index is 2.40. The minimum atomic E-state index is -0.835. The van der Waals surface area contributed by atoms with Crippen molar-refractivity contribution in [2.24, 2.45) is 11.8 Å². The van der Waals surface area contributed by atoms with Gasteiger partial charge >= 0.3 is 5.97 Å². The number of amides is 1. The third-order valence-corrected chi connectivity index (χ3v) is 3.71. The first-order valence-electron chi connectivity index (χ1n) is 7.25. The van der Waals surface area contributed by atoms with Crippen molar-refractivity contribution < 1.29 is 19.5 Å². The molecule has 19 heavy (non-hydrogen) atoms. The maximum Gasteiger partial charge on any atom is 0.308 e.